The smallest absolute Gasteiger partial charge is 0.0902 e. The van der Waals surface area contributed by atoms with E-state index in [0.717, 1.165) is 0 Å². The molecule has 0 N–H and O–H groups in total. The minimum atomic E-state index is -1.90. The third kappa shape index (κ3) is 4.78. The van der Waals surface area contributed by atoms with Gasteiger partial charge in [0, 0.05) is 0 Å². The van der Waals surface area contributed by atoms with Gasteiger partial charge in [0.1, 0.15) is 0 Å². The molecule has 3 heteroatoms. The topological polar surface area (TPSA) is 13.1 Å². The van der Waals surface area contributed by atoms with Gasteiger partial charge in [-0.05, 0) is 12.1 Å². The summed E-state index contributed by atoms with van der Waals surface area (Å²) >= 11 is -1.90. The fourth-order valence-electron chi connectivity index (χ4n) is 1.49. The fourth-order valence-corrected chi connectivity index (χ4v) is 6.33. The van der Waals surface area contributed by atoms with Gasteiger partial charge in [-0.15, -0.1) is 0 Å². The van der Waals surface area contributed by atoms with Gasteiger partial charge in [-0.25, -0.2) is 0 Å². The first-order chi connectivity index (χ1) is 9.38. The summed E-state index contributed by atoms with van der Waals surface area (Å²) in [5, 5.41) is 0. The first kappa shape index (κ1) is 14.2. The maximum atomic E-state index is 6.51. The molecular formula is C16H14ClOSb. The monoisotopic (exact) mass is 378 g/mol. The van der Waals surface area contributed by atoms with Crippen molar-refractivity contribution in [3.63, 3.8) is 0 Å². The molecule has 0 aliphatic rings. The number of hydrogen-bond donors (Lipinski definition) is 0. The van der Waals surface area contributed by atoms with Gasteiger partial charge >= 0.3 is 95.6 Å². The van der Waals surface area contributed by atoms with E-state index in [4.69, 9.17) is 8.83 Å². The first-order valence-electron chi connectivity index (χ1n) is 5.91. The zero-order valence-electron chi connectivity index (χ0n) is 10.3. The van der Waals surface area contributed by atoms with Crippen molar-refractivity contribution in [1.82, 2.24) is 0 Å². The van der Waals surface area contributed by atoms with Gasteiger partial charge in [-0.1, -0.05) is 0 Å². The Morgan fingerprint density at radius 2 is 1.05 bits per heavy atom. The molecule has 0 bridgehead atoms. The third-order valence-electron chi connectivity index (χ3n) is 2.39. The van der Waals surface area contributed by atoms with Crippen molar-refractivity contribution in [2.75, 3.05) is 0 Å². The Morgan fingerprint density at radius 3 is 1.37 bits per heavy atom. The van der Waals surface area contributed by atoms with Crippen LogP contribution in [0.4, 0.5) is 0 Å². The number of benzene rings is 2. The average molecular weight is 380 g/mol. The summed E-state index contributed by atoms with van der Waals surface area (Å²) in [7, 11) is 6.51. The van der Waals surface area contributed by atoms with Crippen LogP contribution in [0.1, 0.15) is 0 Å². The Bertz CT molecular complexity index is 495. The maximum absolute atomic E-state index is 6.51. The van der Waals surface area contributed by atoms with E-state index < -0.39 is 19.1 Å². The van der Waals surface area contributed by atoms with Crippen LogP contribution in [-0.4, -0.2) is 19.1 Å². The zero-order chi connectivity index (χ0) is 13.3. The van der Waals surface area contributed by atoms with Crippen LogP contribution in [0, 0.1) is 0 Å². The molecule has 3 rings (SSSR count). The van der Waals surface area contributed by atoms with Crippen LogP contribution in [0.2, 0.25) is 0 Å². The molecule has 0 amide bonds. The Balaban J connectivity index is 0.000000224. The maximum Gasteiger partial charge on any atom is 0.0902 e. The largest absolute Gasteiger partial charge is 0.473 e. The fraction of sp³-hybridized carbons (Fsp3) is 0. The predicted octanol–water partition coefficient (Wildman–Crippen LogP) is 3.31. The van der Waals surface area contributed by atoms with E-state index in [1.807, 2.05) is 24.3 Å². The molecule has 2 aromatic carbocycles. The molecule has 1 heterocycles. The second-order valence-electron chi connectivity index (χ2n) is 3.75. The summed E-state index contributed by atoms with van der Waals surface area (Å²) in [5.41, 5.74) is 0. The van der Waals surface area contributed by atoms with Gasteiger partial charge in [0.05, 0.1) is 12.5 Å². The van der Waals surface area contributed by atoms with Crippen LogP contribution >= 0.6 is 8.83 Å². The minimum absolute atomic E-state index is 1.32. The van der Waals surface area contributed by atoms with Crippen molar-refractivity contribution in [2.24, 2.45) is 0 Å². The molecule has 96 valence electrons. The molecule has 0 aliphatic heterocycles. The van der Waals surface area contributed by atoms with Gasteiger partial charge in [0.15, 0.2) is 0 Å². The Hall–Kier alpha value is -1.17. The van der Waals surface area contributed by atoms with Crippen molar-refractivity contribution in [2.45, 2.75) is 0 Å². The second-order valence-corrected chi connectivity index (χ2v) is 10.6. The number of halogens is 1. The molecule has 0 saturated carbocycles. The van der Waals surface area contributed by atoms with E-state index in [1.54, 1.807) is 12.5 Å². The summed E-state index contributed by atoms with van der Waals surface area (Å²) < 4.78 is 7.23. The summed E-state index contributed by atoms with van der Waals surface area (Å²) in [6.07, 6.45) is 3.25. The van der Waals surface area contributed by atoms with Crippen LogP contribution in [0.5, 0.6) is 0 Å². The minimum Gasteiger partial charge on any atom is -0.473 e. The van der Waals surface area contributed by atoms with Crippen LogP contribution in [-0.2, 0) is 0 Å². The summed E-state index contributed by atoms with van der Waals surface area (Å²) in [6.45, 7) is 0. The van der Waals surface area contributed by atoms with Crippen LogP contribution in [0.25, 0.3) is 0 Å². The van der Waals surface area contributed by atoms with Crippen LogP contribution in [0.15, 0.2) is 89.7 Å². The van der Waals surface area contributed by atoms with Crippen LogP contribution in [0.3, 0.4) is 0 Å². The second kappa shape index (κ2) is 8.09. The Labute approximate surface area is 124 Å². The van der Waals surface area contributed by atoms with Gasteiger partial charge in [0.25, 0.3) is 0 Å². The first-order valence-corrected chi connectivity index (χ1v) is 11.7. The number of rotatable bonds is 2. The van der Waals surface area contributed by atoms with Crippen LogP contribution < -0.4 is 7.02 Å². The molecule has 19 heavy (non-hydrogen) atoms. The zero-order valence-corrected chi connectivity index (χ0v) is 13.6. The summed E-state index contributed by atoms with van der Waals surface area (Å²) in [5.74, 6) is 0. The molecule has 0 fully saturated rings. The Kier molecular flexibility index (Phi) is 6.06. The molecule has 1 nitrogen and oxygen atoms in total. The van der Waals surface area contributed by atoms with Gasteiger partial charge < -0.3 is 4.42 Å². The molecule has 3 aromatic rings. The van der Waals surface area contributed by atoms with Crippen molar-refractivity contribution >= 4 is 34.9 Å². The third-order valence-corrected chi connectivity index (χ3v) is 9.30. The van der Waals surface area contributed by atoms with E-state index in [2.05, 4.69) is 52.9 Å². The molecule has 0 aliphatic carbocycles. The van der Waals surface area contributed by atoms with E-state index in [1.165, 1.54) is 7.02 Å². The number of hydrogen-bond acceptors (Lipinski definition) is 1. The standard InChI is InChI=1S/2C6H5.C4H4O.ClH.Sb/c2*1-2-4-6-5-3-1;1-2-4-5-3-1;;/h2*1-5H;1-4H;1H;/q;;;;+1/p-1. The molecule has 0 unspecified atom stereocenters. The van der Waals surface area contributed by atoms with E-state index >= 15 is 0 Å². The van der Waals surface area contributed by atoms with Gasteiger partial charge in [-0.2, -0.15) is 0 Å². The predicted molar refractivity (Wildman–Crippen MR) is 82.5 cm³/mol. The Morgan fingerprint density at radius 1 is 0.632 bits per heavy atom. The molecule has 1 aromatic heterocycles. The van der Waals surface area contributed by atoms with E-state index in [9.17, 15) is 0 Å². The average Bonchev–Trinajstić information content (AvgIpc) is 3.08. The van der Waals surface area contributed by atoms with E-state index in [0.29, 0.717) is 0 Å². The summed E-state index contributed by atoms with van der Waals surface area (Å²) in [4.78, 5) is 0. The molecule has 0 radical (unpaired) electrons. The van der Waals surface area contributed by atoms with Crippen molar-refractivity contribution in [3.8, 4) is 0 Å². The quantitative estimate of drug-likeness (QED) is 0.623. The van der Waals surface area contributed by atoms with Crippen molar-refractivity contribution < 1.29 is 4.42 Å². The van der Waals surface area contributed by atoms with Crippen molar-refractivity contribution in [3.05, 3.63) is 85.3 Å². The summed E-state index contributed by atoms with van der Waals surface area (Å²) in [6, 6.07) is 24.4. The van der Waals surface area contributed by atoms with Gasteiger partial charge in [0.2, 0.25) is 0 Å². The molecule has 0 atom stereocenters. The van der Waals surface area contributed by atoms with Gasteiger partial charge in [-0.3, -0.25) is 0 Å². The number of furan rings is 1. The van der Waals surface area contributed by atoms with Crippen molar-refractivity contribution in [1.29, 1.82) is 0 Å². The molecule has 0 saturated heterocycles. The molecule has 0 spiro atoms. The SMILES string of the molecule is [Cl][Sb]([c]1ccccc1)[c]1ccccc1.c1ccoc1. The normalized spacial score (nSPS) is 9.79. The molecular weight excluding hydrogens is 365 g/mol. The van der Waals surface area contributed by atoms with E-state index in [-0.39, 0.29) is 0 Å².